The van der Waals surface area contributed by atoms with Crippen LogP contribution in [0.4, 0.5) is 0 Å². The van der Waals surface area contributed by atoms with E-state index in [0.717, 1.165) is 17.2 Å². The van der Waals surface area contributed by atoms with Crippen molar-refractivity contribution in [3.05, 3.63) is 23.9 Å². The summed E-state index contributed by atoms with van der Waals surface area (Å²) in [6.07, 6.45) is 5.39. The second-order valence-corrected chi connectivity index (χ2v) is 2.21. The van der Waals surface area contributed by atoms with Gasteiger partial charge in [0.2, 0.25) is 0 Å². The van der Waals surface area contributed by atoms with Gasteiger partial charge in [-0.05, 0) is 13.0 Å². The van der Waals surface area contributed by atoms with Gasteiger partial charge >= 0.3 is 0 Å². The molecule has 0 saturated carbocycles. The van der Waals surface area contributed by atoms with Gasteiger partial charge in [-0.3, -0.25) is 4.99 Å². The predicted molar refractivity (Wildman–Crippen MR) is 39.8 cm³/mol. The molecule has 1 N–H and O–H groups in total. The van der Waals surface area contributed by atoms with Crippen molar-refractivity contribution in [1.29, 1.82) is 0 Å². The molecule has 0 fully saturated rings. The van der Waals surface area contributed by atoms with E-state index >= 15 is 0 Å². The summed E-state index contributed by atoms with van der Waals surface area (Å²) >= 11 is 0. The Morgan fingerprint density at radius 1 is 1.50 bits per heavy atom. The van der Waals surface area contributed by atoms with Crippen molar-refractivity contribution in [3.63, 3.8) is 0 Å². The van der Waals surface area contributed by atoms with E-state index in [1.165, 1.54) is 0 Å². The minimum atomic E-state index is 0.871. The second kappa shape index (κ2) is 1.80. The molecule has 3 nitrogen and oxygen atoms in total. The molecule has 3 heteroatoms. The third-order valence-electron chi connectivity index (χ3n) is 1.49. The summed E-state index contributed by atoms with van der Waals surface area (Å²) in [7, 11) is 0. The lowest BCUT2D eigenvalue weighted by Crippen LogP contribution is -1.91. The Bertz CT molecular complexity index is 306. The monoisotopic (exact) mass is 133 g/mol. The minimum absolute atomic E-state index is 0.871. The summed E-state index contributed by atoms with van der Waals surface area (Å²) in [6.45, 7) is 1.95. The normalized spacial score (nSPS) is 14.7. The Morgan fingerprint density at radius 2 is 2.40 bits per heavy atom. The zero-order chi connectivity index (χ0) is 6.97. The van der Waals surface area contributed by atoms with E-state index in [4.69, 9.17) is 0 Å². The molecule has 1 aliphatic rings. The van der Waals surface area contributed by atoms with Gasteiger partial charge in [0.1, 0.15) is 5.82 Å². The maximum atomic E-state index is 4.13. The molecule has 2 rings (SSSR count). The fourth-order valence-corrected chi connectivity index (χ4v) is 0.894. The van der Waals surface area contributed by atoms with Gasteiger partial charge in [-0.15, -0.1) is 0 Å². The van der Waals surface area contributed by atoms with Crippen molar-refractivity contribution < 1.29 is 0 Å². The van der Waals surface area contributed by atoms with Crippen LogP contribution in [-0.4, -0.2) is 15.7 Å². The first-order valence-corrected chi connectivity index (χ1v) is 3.12. The lowest BCUT2D eigenvalue weighted by Gasteiger charge is -1.88. The van der Waals surface area contributed by atoms with Crippen molar-refractivity contribution in [1.82, 2.24) is 9.97 Å². The summed E-state index contributed by atoms with van der Waals surface area (Å²) in [5.74, 6) is 0.871. The molecule has 0 saturated heterocycles. The van der Waals surface area contributed by atoms with E-state index in [1.807, 2.05) is 13.0 Å². The molecule has 0 aliphatic carbocycles. The van der Waals surface area contributed by atoms with Crippen molar-refractivity contribution in [3.8, 4) is 0 Å². The number of rotatable bonds is 0. The SMILES string of the molecule is CC1=NC=Cc2ncc1[nH]2. The molecule has 0 amide bonds. The third kappa shape index (κ3) is 0.673. The molecule has 0 radical (unpaired) electrons. The maximum Gasteiger partial charge on any atom is 0.131 e. The summed E-state index contributed by atoms with van der Waals surface area (Å²) in [5, 5.41) is 0. The Morgan fingerprint density at radius 3 is 3.30 bits per heavy atom. The second-order valence-electron chi connectivity index (χ2n) is 2.21. The van der Waals surface area contributed by atoms with Gasteiger partial charge in [0.05, 0.1) is 17.6 Å². The lowest BCUT2D eigenvalue weighted by atomic mass is 10.3. The van der Waals surface area contributed by atoms with Gasteiger partial charge in [-0.2, -0.15) is 0 Å². The van der Waals surface area contributed by atoms with E-state index in [-0.39, 0.29) is 0 Å². The van der Waals surface area contributed by atoms with Crippen LogP contribution in [0.1, 0.15) is 18.4 Å². The van der Waals surface area contributed by atoms with Crippen LogP contribution in [-0.2, 0) is 0 Å². The van der Waals surface area contributed by atoms with Gasteiger partial charge < -0.3 is 4.98 Å². The highest BCUT2D eigenvalue weighted by Crippen LogP contribution is 2.05. The molecule has 1 aliphatic heterocycles. The molecular formula is C7H7N3. The highest BCUT2D eigenvalue weighted by molar-refractivity contribution is 5.98. The largest absolute Gasteiger partial charge is 0.337 e. The fourth-order valence-electron chi connectivity index (χ4n) is 0.894. The number of H-pyrrole nitrogens is 1. The summed E-state index contributed by atoms with van der Waals surface area (Å²) < 4.78 is 0. The van der Waals surface area contributed by atoms with Crippen LogP contribution in [0.3, 0.4) is 0 Å². The number of aliphatic imine (C=N–C) groups is 1. The van der Waals surface area contributed by atoms with Crippen LogP contribution < -0.4 is 0 Å². The number of fused-ring (bicyclic) bond motifs is 2. The maximum absolute atomic E-state index is 4.13. The first kappa shape index (κ1) is 5.41. The number of nitrogens with one attached hydrogen (secondary N) is 1. The van der Waals surface area contributed by atoms with Crippen LogP contribution >= 0.6 is 0 Å². The number of aromatic nitrogens is 2. The highest BCUT2D eigenvalue weighted by Gasteiger charge is 2.02. The van der Waals surface area contributed by atoms with Crippen LogP contribution in [0.25, 0.3) is 6.08 Å². The van der Waals surface area contributed by atoms with Crippen molar-refractivity contribution in [2.75, 3.05) is 0 Å². The molecule has 0 unspecified atom stereocenters. The molecule has 10 heavy (non-hydrogen) atoms. The van der Waals surface area contributed by atoms with Crippen LogP contribution in [0.5, 0.6) is 0 Å². The van der Waals surface area contributed by atoms with Gasteiger partial charge in [0, 0.05) is 6.20 Å². The van der Waals surface area contributed by atoms with Crippen LogP contribution in [0.2, 0.25) is 0 Å². The van der Waals surface area contributed by atoms with Crippen molar-refractivity contribution >= 4 is 11.8 Å². The Labute approximate surface area is 58.5 Å². The molecule has 0 aromatic carbocycles. The van der Waals surface area contributed by atoms with Gasteiger partial charge in [-0.25, -0.2) is 4.98 Å². The molecule has 2 bridgehead atoms. The van der Waals surface area contributed by atoms with Crippen molar-refractivity contribution in [2.24, 2.45) is 4.99 Å². The molecule has 1 aromatic rings. The van der Waals surface area contributed by atoms with Crippen molar-refractivity contribution in [2.45, 2.75) is 6.92 Å². The van der Waals surface area contributed by atoms with Gasteiger partial charge in [-0.1, -0.05) is 0 Å². The van der Waals surface area contributed by atoms with Gasteiger partial charge in [0.15, 0.2) is 0 Å². The van der Waals surface area contributed by atoms with Gasteiger partial charge in [0.25, 0.3) is 0 Å². The average Bonchev–Trinajstić information content (AvgIpc) is 2.27. The molecular weight excluding hydrogens is 126 g/mol. The molecule has 2 heterocycles. The number of hydrogen-bond acceptors (Lipinski definition) is 2. The van der Waals surface area contributed by atoms with E-state index < -0.39 is 0 Å². The van der Waals surface area contributed by atoms with E-state index in [0.29, 0.717) is 0 Å². The standard InChI is InChI=1S/C7H7N3/c1-5-6-4-9-7(10-6)2-3-8-5/h2-4H,1H3,(H,9,10). The summed E-state index contributed by atoms with van der Waals surface area (Å²) in [4.78, 5) is 11.3. The van der Waals surface area contributed by atoms with E-state index in [1.54, 1.807) is 12.4 Å². The smallest absolute Gasteiger partial charge is 0.131 e. The molecule has 0 atom stereocenters. The number of hydrogen-bond donors (Lipinski definition) is 1. The number of aromatic amines is 1. The lowest BCUT2D eigenvalue weighted by molar-refractivity contribution is 1.26. The predicted octanol–water partition coefficient (Wildman–Crippen LogP) is 1.20. The molecule has 50 valence electrons. The Kier molecular flexibility index (Phi) is 0.974. The number of nitrogens with zero attached hydrogens (tertiary/aromatic N) is 2. The molecule has 1 aromatic heterocycles. The van der Waals surface area contributed by atoms with E-state index in [9.17, 15) is 0 Å². The summed E-state index contributed by atoms with van der Waals surface area (Å²) in [6, 6.07) is 0. The first-order valence-electron chi connectivity index (χ1n) is 3.12. The summed E-state index contributed by atoms with van der Waals surface area (Å²) in [5.41, 5.74) is 1.98. The average molecular weight is 133 g/mol. The Balaban J connectivity index is 2.65. The number of imidazole rings is 1. The highest BCUT2D eigenvalue weighted by atomic mass is 14.9. The minimum Gasteiger partial charge on any atom is -0.337 e. The quantitative estimate of drug-likeness (QED) is 0.567. The third-order valence-corrected chi connectivity index (χ3v) is 1.49. The molecule has 0 spiro atoms. The first-order chi connectivity index (χ1) is 4.86. The zero-order valence-corrected chi connectivity index (χ0v) is 5.63. The Hall–Kier alpha value is -1.38. The fraction of sp³-hybridized carbons (Fsp3) is 0.143. The zero-order valence-electron chi connectivity index (χ0n) is 5.63. The topological polar surface area (TPSA) is 41.0 Å². The van der Waals surface area contributed by atoms with Crippen LogP contribution in [0, 0.1) is 0 Å². The van der Waals surface area contributed by atoms with E-state index in [2.05, 4.69) is 15.0 Å². The van der Waals surface area contributed by atoms with Crippen LogP contribution in [0.15, 0.2) is 17.4 Å².